The first-order valence-electron chi connectivity index (χ1n) is 6.29. The highest BCUT2D eigenvalue weighted by atomic mass is 35.5. The number of carbonyl (C=O) groups is 1. The zero-order valence-corrected chi connectivity index (χ0v) is 12.8. The Balaban J connectivity index is 0.00000200. The quantitative estimate of drug-likeness (QED) is 0.910. The van der Waals surface area contributed by atoms with Crippen molar-refractivity contribution in [2.75, 3.05) is 12.4 Å². The maximum Gasteiger partial charge on any atom is 0.272 e. The summed E-state index contributed by atoms with van der Waals surface area (Å²) >= 11 is 0. The first-order chi connectivity index (χ1) is 9.11. The fourth-order valence-corrected chi connectivity index (χ4v) is 2.00. The maximum absolute atomic E-state index is 12.2. The third-order valence-electron chi connectivity index (χ3n) is 3.17. The molecule has 0 atom stereocenters. The van der Waals surface area contributed by atoms with Crippen molar-refractivity contribution >= 4 is 24.0 Å². The van der Waals surface area contributed by atoms with Crippen LogP contribution in [-0.4, -0.2) is 17.5 Å². The molecule has 4 nitrogen and oxygen atoms in total. The van der Waals surface area contributed by atoms with Gasteiger partial charge in [-0.05, 0) is 43.8 Å². The molecule has 0 aliphatic heterocycles. The smallest absolute Gasteiger partial charge is 0.272 e. The van der Waals surface area contributed by atoms with Gasteiger partial charge in [0.25, 0.3) is 5.91 Å². The SMILES string of the molecule is CNCc1cccc(NC(=O)c2ccc(C)n2C)c1.Cl. The van der Waals surface area contributed by atoms with Gasteiger partial charge in [0.15, 0.2) is 0 Å². The molecule has 2 aromatic rings. The van der Waals surface area contributed by atoms with Crippen molar-refractivity contribution in [1.29, 1.82) is 0 Å². The third-order valence-corrected chi connectivity index (χ3v) is 3.17. The highest BCUT2D eigenvalue weighted by Gasteiger charge is 2.11. The minimum Gasteiger partial charge on any atom is -0.344 e. The van der Waals surface area contributed by atoms with Crippen LogP contribution in [0.15, 0.2) is 36.4 Å². The van der Waals surface area contributed by atoms with Crippen LogP contribution in [0, 0.1) is 6.92 Å². The Morgan fingerprint density at radius 3 is 2.60 bits per heavy atom. The van der Waals surface area contributed by atoms with Gasteiger partial charge in [-0.15, -0.1) is 12.4 Å². The van der Waals surface area contributed by atoms with Crippen LogP contribution in [0.1, 0.15) is 21.7 Å². The zero-order chi connectivity index (χ0) is 13.8. The summed E-state index contributed by atoms with van der Waals surface area (Å²) in [6.45, 7) is 2.76. The molecule has 0 radical (unpaired) electrons. The second-order valence-corrected chi connectivity index (χ2v) is 4.60. The van der Waals surface area contributed by atoms with Gasteiger partial charge in [0, 0.05) is 25.0 Å². The third kappa shape index (κ3) is 3.62. The molecule has 0 saturated carbocycles. The molecule has 0 aliphatic rings. The molecule has 1 amide bonds. The average molecular weight is 294 g/mol. The number of aromatic nitrogens is 1. The minimum atomic E-state index is -0.0859. The number of rotatable bonds is 4. The average Bonchev–Trinajstić information content (AvgIpc) is 2.71. The molecule has 1 heterocycles. The molecular formula is C15H20ClN3O. The van der Waals surface area contributed by atoms with Gasteiger partial charge in [0.2, 0.25) is 0 Å². The summed E-state index contributed by atoms with van der Waals surface area (Å²) in [5.74, 6) is -0.0859. The van der Waals surface area contributed by atoms with Crippen LogP contribution in [0.4, 0.5) is 5.69 Å². The number of hydrogen-bond acceptors (Lipinski definition) is 2. The van der Waals surface area contributed by atoms with E-state index in [1.54, 1.807) is 0 Å². The molecule has 108 valence electrons. The van der Waals surface area contributed by atoms with Gasteiger partial charge >= 0.3 is 0 Å². The maximum atomic E-state index is 12.2. The first kappa shape index (κ1) is 16.3. The molecule has 0 spiro atoms. The predicted molar refractivity (Wildman–Crippen MR) is 84.6 cm³/mol. The van der Waals surface area contributed by atoms with E-state index in [-0.39, 0.29) is 18.3 Å². The van der Waals surface area contributed by atoms with Crippen molar-refractivity contribution in [3.63, 3.8) is 0 Å². The number of halogens is 1. The normalized spacial score (nSPS) is 9.95. The van der Waals surface area contributed by atoms with Gasteiger partial charge in [0.05, 0.1) is 0 Å². The summed E-state index contributed by atoms with van der Waals surface area (Å²) in [7, 11) is 3.79. The van der Waals surface area contributed by atoms with Crippen LogP contribution in [0.3, 0.4) is 0 Å². The van der Waals surface area contributed by atoms with E-state index in [0.717, 1.165) is 23.5 Å². The number of benzene rings is 1. The predicted octanol–water partition coefficient (Wildman–Crippen LogP) is 2.73. The molecule has 5 heteroatoms. The lowest BCUT2D eigenvalue weighted by atomic mass is 10.2. The summed E-state index contributed by atoms with van der Waals surface area (Å²) in [4.78, 5) is 12.2. The summed E-state index contributed by atoms with van der Waals surface area (Å²) in [6, 6.07) is 11.6. The van der Waals surface area contributed by atoms with Gasteiger partial charge in [-0.1, -0.05) is 12.1 Å². The Kier molecular flexibility index (Phi) is 5.80. The standard InChI is InChI=1S/C15H19N3O.ClH/c1-11-7-8-14(18(11)3)15(19)17-13-6-4-5-12(9-13)10-16-2;/h4-9,16H,10H2,1-3H3,(H,17,19);1H. The second kappa shape index (κ2) is 7.12. The topological polar surface area (TPSA) is 46.1 Å². The highest BCUT2D eigenvalue weighted by molar-refractivity contribution is 6.03. The molecule has 0 aliphatic carbocycles. The van der Waals surface area contributed by atoms with Gasteiger partial charge in [0.1, 0.15) is 5.69 Å². The van der Waals surface area contributed by atoms with Crippen LogP contribution >= 0.6 is 12.4 Å². The van der Waals surface area contributed by atoms with Crippen LogP contribution < -0.4 is 10.6 Å². The summed E-state index contributed by atoms with van der Waals surface area (Å²) in [5.41, 5.74) is 3.69. The Hall–Kier alpha value is -1.78. The fraction of sp³-hybridized carbons (Fsp3) is 0.267. The number of nitrogens with one attached hydrogen (secondary N) is 2. The lowest BCUT2D eigenvalue weighted by molar-refractivity contribution is 0.101. The molecule has 2 rings (SSSR count). The van der Waals surface area contributed by atoms with Crippen molar-refractivity contribution in [3.05, 3.63) is 53.3 Å². The van der Waals surface area contributed by atoms with Crippen molar-refractivity contribution in [1.82, 2.24) is 9.88 Å². The molecule has 1 aromatic heterocycles. The van der Waals surface area contributed by atoms with E-state index in [9.17, 15) is 4.79 Å². The number of carbonyl (C=O) groups excluding carboxylic acids is 1. The lowest BCUT2D eigenvalue weighted by Gasteiger charge is -2.08. The zero-order valence-electron chi connectivity index (χ0n) is 11.9. The summed E-state index contributed by atoms with van der Waals surface area (Å²) < 4.78 is 1.88. The van der Waals surface area contributed by atoms with E-state index < -0.39 is 0 Å². The van der Waals surface area contributed by atoms with Gasteiger partial charge in [-0.25, -0.2) is 0 Å². The van der Waals surface area contributed by atoms with E-state index in [4.69, 9.17) is 0 Å². The van der Waals surface area contributed by atoms with E-state index in [0.29, 0.717) is 5.69 Å². The number of amides is 1. The van der Waals surface area contributed by atoms with Crippen molar-refractivity contribution in [3.8, 4) is 0 Å². The summed E-state index contributed by atoms with van der Waals surface area (Å²) in [6.07, 6.45) is 0. The molecule has 20 heavy (non-hydrogen) atoms. The van der Waals surface area contributed by atoms with Crippen molar-refractivity contribution < 1.29 is 4.79 Å². The van der Waals surface area contributed by atoms with E-state index >= 15 is 0 Å². The molecular weight excluding hydrogens is 274 g/mol. The Morgan fingerprint density at radius 2 is 2.00 bits per heavy atom. The Bertz CT molecular complexity index is 593. The largest absolute Gasteiger partial charge is 0.344 e. The van der Waals surface area contributed by atoms with E-state index in [1.807, 2.05) is 62.0 Å². The Morgan fingerprint density at radius 1 is 1.25 bits per heavy atom. The highest BCUT2D eigenvalue weighted by Crippen LogP contribution is 2.13. The summed E-state index contributed by atoms with van der Waals surface area (Å²) in [5, 5.41) is 6.02. The monoisotopic (exact) mass is 293 g/mol. The van der Waals surface area contributed by atoms with Crippen LogP contribution in [0.5, 0.6) is 0 Å². The molecule has 0 unspecified atom stereocenters. The first-order valence-corrected chi connectivity index (χ1v) is 6.29. The number of nitrogens with zero attached hydrogens (tertiary/aromatic N) is 1. The molecule has 2 N–H and O–H groups in total. The molecule has 0 bridgehead atoms. The molecule has 1 aromatic carbocycles. The van der Waals surface area contributed by atoms with E-state index in [1.165, 1.54) is 0 Å². The second-order valence-electron chi connectivity index (χ2n) is 4.60. The molecule has 0 saturated heterocycles. The number of aryl methyl sites for hydroxylation is 1. The van der Waals surface area contributed by atoms with Crippen molar-refractivity contribution in [2.45, 2.75) is 13.5 Å². The Labute approximate surface area is 125 Å². The minimum absolute atomic E-state index is 0. The van der Waals surface area contributed by atoms with Gasteiger partial charge in [-0.2, -0.15) is 0 Å². The van der Waals surface area contributed by atoms with Crippen molar-refractivity contribution in [2.24, 2.45) is 7.05 Å². The molecule has 0 fully saturated rings. The van der Waals surface area contributed by atoms with Crippen LogP contribution in [-0.2, 0) is 13.6 Å². The van der Waals surface area contributed by atoms with Crippen LogP contribution in [0.25, 0.3) is 0 Å². The number of hydrogen-bond donors (Lipinski definition) is 2. The van der Waals surface area contributed by atoms with Crippen LogP contribution in [0.2, 0.25) is 0 Å². The van der Waals surface area contributed by atoms with Gasteiger partial charge < -0.3 is 15.2 Å². The van der Waals surface area contributed by atoms with E-state index in [2.05, 4.69) is 10.6 Å². The van der Waals surface area contributed by atoms with Gasteiger partial charge in [-0.3, -0.25) is 4.79 Å². The number of anilines is 1. The fourth-order valence-electron chi connectivity index (χ4n) is 2.00. The lowest BCUT2D eigenvalue weighted by Crippen LogP contribution is -2.16.